The summed E-state index contributed by atoms with van der Waals surface area (Å²) in [5.74, 6) is -0.790. The van der Waals surface area contributed by atoms with Crippen LogP contribution in [0.3, 0.4) is 0 Å². The van der Waals surface area contributed by atoms with Crippen molar-refractivity contribution in [2.45, 2.75) is 58.6 Å². The number of aliphatic carboxylic acids is 1. The molecule has 18 heavy (non-hydrogen) atoms. The number of carbonyl (C=O) groups is 2. The van der Waals surface area contributed by atoms with Crippen molar-refractivity contribution in [3.05, 3.63) is 0 Å². The zero-order chi connectivity index (χ0) is 13.9. The minimum Gasteiger partial charge on any atom is -0.481 e. The zero-order valence-electron chi connectivity index (χ0n) is 11.6. The number of likely N-dealkylation sites (tertiary alicyclic amines) is 1. The molecule has 1 aliphatic heterocycles. The predicted octanol–water partition coefficient (Wildman–Crippen LogP) is 2.50. The first-order chi connectivity index (χ1) is 8.20. The Morgan fingerprint density at radius 2 is 2.00 bits per heavy atom. The molecular weight excluding hydrogens is 234 g/mol. The molecule has 0 spiro atoms. The van der Waals surface area contributed by atoms with Gasteiger partial charge < -0.3 is 14.7 Å². The van der Waals surface area contributed by atoms with Gasteiger partial charge in [-0.05, 0) is 46.5 Å². The summed E-state index contributed by atoms with van der Waals surface area (Å²) in [5.41, 5.74) is -0.517. The summed E-state index contributed by atoms with van der Waals surface area (Å²) in [6.45, 7) is 8.03. The number of carboxylic acids is 1. The first kappa shape index (κ1) is 14.8. The van der Waals surface area contributed by atoms with E-state index in [1.165, 1.54) is 0 Å². The molecule has 2 atom stereocenters. The minimum atomic E-state index is -0.808. The van der Waals surface area contributed by atoms with E-state index in [1.807, 2.05) is 27.7 Å². The number of nitrogens with zero attached hydrogens (tertiary/aromatic N) is 1. The van der Waals surface area contributed by atoms with Crippen molar-refractivity contribution in [1.29, 1.82) is 0 Å². The third kappa shape index (κ3) is 4.20. The highest BCUT2D eigenvalue weighted by molar-refractivity contribution is 5.70. The molecule has 0 aliphatic carbocycles. The number of rotatable bonds is 2. The van der Waals surface area contributed by atoms with E-state index in [4.69, 9.17) is 9.84 Å². The standard InChI is InChI=1S/C13H23NO4/c1-9-10(8-11(15)16)6-5-7-14(9)12(17)18-13(2,3)4/h9-10H,5-8H2,1-4H3,(H,15,16)/t9-,10+/m0/s1. The molecule has 0 aromatic rings. The average Bonchev–Trinajstić information content (AvgIpc) is 2.17. The Morgan fingerprint density at radius 3 is 2.50 bits per heavy atom. The molecule has 0 aromatic heterocycles. The lowest BCUT2D eigenvalue weighted by Crippen LogP contribution is -2.49. The van der Waals surface area contributed by atoms with Crippen LogP contribution in [-0.2, 0) is 9.53 Å². The molecule has 1 saturated heterocycles. The van der Waals surface area contributed by atoms with Gasteiger partial charge >= 0.3 is 12.1 Å². The van der Waals surface area contributed by atoms with Crippen molar-refractivity contribution in [1.82, 2.24) is 4.90 Å². The van der Waals surface area contributed by atoms with Crippen LogP contribution in [0.1, 0.15) is 47.0 Å². The fourth-order valence-corrected chi connectivity index (χ4v) is 2.30. The van der Waals surface area contributed by atoms with Gasteiger partial charge in [-0.2, -0.15) is 0 Å². The summed E-state index contributed by atoms with van der Waals surface area (Å²) in [6, 6.07) is -0.0790. The van der Waals surface area contributed by atoms with Crippen LogP contribution in [0.5, 0.6) is 0 Å². The maximum atomic E-state index is 12.0. The smallest absolute Gasteiger partial charge is 0.410 e. The van der Waals surface area contributed by atoms with Crippen molar-refractivity contribution in [3.8, 4) is 0 Å². The van der Waals surface area contributed by atoms with E-state index in [2.05, 4.69) is 0 Å². The molecule has 5 heteroatoms. The van der Waals surface area contributed by atoms with Crippen molar-refractivity contribution in [3.63, 3.8) is 0 Å². The Morgan fingerprint density at radius 1 is 1.39 bits per heavy atom. The van der Waals surface area contributed by atoms with Crippen molar-refractivity contribution >= 4 is 12.1 Å². The average molecular weight is 257 g/mol. The molecule has 1 fully saturated rings. The van der Waals surface area contributed by atoms with Gasteiger partial charge in [-0.3, -0.25) is 4.79 Å². The highest BCUT2D eigenvalue weighted by Crippen LogP contribution is 2.27. The Bertz CT molecular complexity index is 321. The first-order valence-electron chi connectivity index (χ1n) is 6.42. The van der Waals surface area contributed by atoms with E-state index in [1.54, 1.807) is 4.90 Å². The second-order valence-corrected chi connectivity index (χ2v) is 5.91. The summed E-state index contributed by atoms with van der Waals surface area (Å²) in [7, 11) is 0. The lowest BCUT2D eigenvalue weighted by atomic mass is 9.88. The fourth-order valence-electron chi connectivity index (χ4n) is 2.30. The molecule has 1 heterocycles. The molecule has 104 valence electrons. The van der Waals surface area contributed by atoms with Gasteiger partial charge in [-0.15, -0.1) is 0 Å². The Hall–Kier alpha value is -1.26. The molecule has 0 aromatic carbocycles. The van der Waals surface area contributed by atoms with Crippen molar-refractivity contribution < 1.29 is 19.4 Å². The summed E-state index contributed by atoms with van der Waals surface area (Å²) in [4.78, 5) is 24.5. The van der Waals surface area contributed by atoms with Crippen LogP contribution in [0, 0.1) is 5.92 Å². The molecule has 0 radical (unpaired) electrons. The van der Waals surface area contributed by atoms with Crippen LogP contribution in [0.2, 0.25) is 0 Å². The van der Waals surface area contributed by atoms with E-state index in [9.17, 15) is 9.59 Å². The number of amides is 1. The van der Waals surface area contributed by atoms with Crippen molar-refractivity contribution in [2.75, 3.05) is 6.54 Å². The largest absolute Gasteiger partial charge is 0.481 e. The molecule has 5 nitrogen and oxygen atoms in total. The SMILES string of the molecule is C[C@H]1[C@@H](CC(=O)O)CCCN1C(=O)OC(C)(C)C. The zero-order valence-corrected chi connectivity index (χ0v) is 11.6. The second kappa shape index (κ2) is 5.59. The maximum absolute atomic E-state index is 12.0. The normalized spacial score (nSPS) is 24.8. The summed E-state index contributed by atoms with van der Waals surface area (Å²) >= 11 is 0. The third-order valence-corrected chi connectivity index (χ3v) is 3.21. The number of carboxylic acid groups (broad SMARTS) is 1. The Balaban J connectivity index is 2.65. The van der Waals surface area contributed by atoms with Crippen LogP contribution in [0.15, 0.2) is 0 Å². The maximum Gasteiger partial charge on any atom is 0.410 e. The van der Waals surface area contributed by atoms with E-state index >= 15 is 0 Å². The molecule has 0 unspecified atom stereocenters. The molecule has 1 amide bonds. The highest BCUT2D eigenvalue weighted by Gasteiger charge is 2.34. The Labute approximate surface area is 108 Å². The first-order valence-corrected chi connectivity index (χ1v) is 6.42. The van der Waals surface area contributed by atoms with E-state index in [0.29, 0.717) is 6.54 Å². The third-order valence-electron chi connectivity index (χ3n) is 3.21. The van der Waals surface area contributed by atoms with Crippen LogP contribution in [-0.4, -0.2) is 40.3 Å². The molecule has 1 aliphatic rings. The molecule has 1 N–H and O–H groups in total. The van der Waals surface area contributed by atoms with E-state index in [0.717, 1.165) is 12.8 Å². The van der Waals surface area contributed by atoms with Crippen LogP contribution in [0.25, 0.3) is 0 Å². The monoisotopic (exact) mass is 257 g/mol. The Kier molecular flexibility index (Phi) is 4.59. The van der Waals surface area contributed by atoms with Gasteiger partial charge in [-0.25, -0.2) is 4.79 Å². The number of hydrogen-bond donors (Lipinski definition) is 1. The number of carbonyl (C=O) groups excluding carboxylic acids is 1. The number of piperidine rings is 1. The lowest BCUT2D eigenvalue weighted by Gasteiger charge is -2.39. The molecule has 1 rings (SSSR count). The van der Waals surface area contributed by atoms with Gasteiger partial charge in [0.15, 0.2) is 0 Å². The summed E-state index contributed by atoms with van der Waals surface area (Å²) in [5, 5.41) is 8.86. The molecule has 0 bridgehead atoms. The quantitative estimate of drug-likeness (QED) is 0.825. The van der Waals surface area contributed by atoms with Gasteiger partial charge in [0.25, 0.3) is 0 Å². The van der Waals surface area contributed by atoms with Gasteiger partial charge in [0.1, 0.15) is 5.60 Å². The topological polar surface area (TPSA) is 66.8 Å². The van der Waals surface area contributed by atoms with Gasteiger partial charge in [0, 0.05) is 12.6 Å². The van der Waals surface area contributed by atoms with Crippen LogP contribution >= 0.6 is 0 Å². The van der Waals surface area contributed by atoms with E-state index in [-0.39, 0.29) is 24.5 Å². The summed E-state index contributed by atoms with van der Waals surface area (Å²) < 4.78 is 5.34. The van der Waals surface area contributed by atoms with Crippen molar-refractivity contribution in [2.24, 2.45) is 5.92 Å². The van der Waals surface area contributed by atoms with Crippen LogP contribution in [0.4, 0.5) is 4.79 Å². The van der Waals surface area contributed by atoms with Crippen LogP contribution < -0.4 is 0 Å². The minimum absolute atomic E-state index is 0.0174. The highest BCUT2D eigenvalue weighted by atomic mass is 16.6. The fraction of sp³-hybridized carbons (Fsp3) is 0.846. The number of ether oxygens (including phenoxy) is 1. The molecule has 0 saturated carbocycles. The van der Waals surface area contributed by atoms with Gasteiger partial charge in [0.2, 0.25) is 0 Å². The number of hydrogen-bond acceptors (Lipinski definition) is 3. The summed E-state index contributed by atoms with van der Waals surface area (Å²) in [6.07, 6.45) is 1.46. The van der Waals surface area contributed by atoms with Gasteiger partial charge in [0.05, 0.1) is 6.42 Å². The van der Waals surface area contributed by atoms with Gasteiger partial charge in [-0.1, -0.05) is 0 Å². The lowest BCUT2D eigenvalue weighted by molar-refractivity contribution is -0.139. The predicted molar refractivity (Wildman–Crippen MR) is 67.4 cm³/mol. The second-order valence-electron chi connectivity index (χ2n) is 5.91. The molecular formula is C13H23NO4. The van der Waals surface area contributed by atoms with E-state index < -0.39 is 11.6 Å².